The summed E-state index contributed by atoms with van der Waals surface area (Å²) in [6, 6.07) is 4.26. The molecule has 0 unspecified atom stereocenters. The van der Waals surface area contributed by atoms with Crippen molar-refractivity contribution in [2.45, 2.75) is 37.8 Å². The van der Waals surface area contributed by atoms with Crippen molar-refractivity contribution in [1.82, 2.24) is 15.2 Å². The summed E-state index contributed by atoms with van der Waals surface area (Å²) >= 11 is 0. The molecule has 1 saturated heterocycles. The number of rotatable bonds is 2. The van der Waals surface area contributed by atoms with Gasteiger partial charge in [-0.25, -0.2) is 0 Å². The van der Waals surface area contributed by atoms with E-state index >= 15 is 0 Å². The summed E-state index contributed by atoms with van der Waals surface area (Å²) in [5.74, 6) is 0. The van der Waals surface area contributed by atoms with Crippen molar-refractivity contribution in [3.8, 4) is 0 Å². The summed E-state index contributed by atoms with van der Waals surface area (Å²) in [5, 5.41) is 3.76. The van der Waals surface area contributed by atoms with Gasteiger partial charge in [0, 0.05) is 44.1 Å². The molecular formula is C14H21N3. The molecule has 17 heavy (non-hydrogen) atoms. The number of nitrogens with zero attached hydrogens (tertiary/aromatic N) is 2. The minimum absolute atomic E-state index is 0.436. The van der Waals surface area contributed by atoms with Crippen molar-refractivity contribution in [3.05, 3.63) is 30.1 Å². The summed E-state index contributed by atoms with van der Waals surface area (Å²) in [6.45, 7) is 4.61. The molecule has 0 radical (unpaired) electrons. The highest BCUT2D eigenvalue weighted by Gasteiger charge is 2.37. The van der Waals surface area contributed by atoms with Gasteiger partial charge in [-0.3, -0.25) is 9.88 Å². The molecule has 2 aliphatic rings. The fraction of sp³-hybridized carbons (Fsp3) is 0.643. The number of pyridine rings is 1. The van der Waals surface area contributed by atoms with Crippen molar-refractivity contribution in [2.75, 3.05) is 19.6 Å². The Bertz CT molecular complexity index is 357. The van der Waals surface area contributed by atoms with E-state index in [9.17, 15) is 0 Å². The van der Waals surface area contributed by atoms with Crippen LogP contribution in [0.25, 0.3) is 0 Å². The van der Waals surface area contributed by atoms with E-state index in [1.165, 1.54) is 44.3 Å². The van der Waals surface area contributed by atoms with Gasteiger partial charge in [-0.15, -0.1) is 0 Å². The summed E-state index contributed by atoms with van der Waals surface area (Å²) in [5.41, 5.74) is 1.82. The van der Waals surface area contributed by atoms with Gasteiger partial charge >= 0.3 is 0 Å². The Morgan fingerprint density at radius 3 is 2.76 bits per heavy atom. The largest absolute Gasteiger partial charge is 0.309 e. The highest BCUT2D eigenvalue weighted by atomic mass is 15.2. The molecule has 0 amide bonds. The van der Waals surface area contributed by atoms with Crippen LogP contribution in [0, 0.1) is 0 Å². The number of hydrogen-bond donors (Lipinski definition) is 1. The number of nitrogens with one attached hydrogen (secondary N) is 1. The van der Waals surface area contributed by atoms with E-state index in [1.807, 2.05) is 12.4 Å². The van der Waals surface area contributed by atoms with Crippen molar-refractivity contribution < 1.29 is 0 Å². The van der Waals surface area contributed by atoms with E-state index < -0.39 is 0 Å². The monoisotopic (exact) mass is 231 g/mol. The van der Waals surface area contributed by atoms with Crippen molar-refractivity contribution >= 4 is 0 Å². The van der Waals surface area contributed by atoms with Crippen LogP contribution in [-0.2, 0) is 6.54 Å². The van der Waals surface area contributed by atoms with Gasteiger partial charge < -0.3 is 5.32 Å². The van der Waals surface area contributed by atoms with Crippen LogP contribution in [0.1, 0.15) is 31.2 Å². The summed E-state index contributed by atoms with van der Waals surface area (Å²) in [7, 11) is 0. The molecule has 1 N–H and O–H groups in total. The lowest BCUT2D eigenvalue weighted by Crippen LogP contribution is -2.58. The maximum atomic E-state index is 4.08. The molecule has 1 aliphatic carbocycles. The molecule has 1 spiro atoms. The molecule has 1 aromatic rings. The third-order valence-electron chi connectivity index (χ3n) is 4.17. The molecule has 2 heterocycles. The number of hydrogen-bond acceptors (Lipinski definition) is 3. The molecule has 3 rings (SSSR count). The Morgan fingerprint density at radius 1 is 1.24 bits per heavy atom. The Balaban J connectivity index is 1.64. The first-order valence-electron chi connectivity index (χ1n) is 6.73. The molecule has 1 aliphatic heterocycles. The lowest BCUT2D eigenvalue weighted by atomic mass is 9.94. The fourth-order valence-electron chi connectivity index (χ4n) is 3.31. The minimum Gasteiger partial charge on any atom is -0.309 e. The summed E-state index contributed by atoms with van der Waals surface area (Å²) in [6.07, 6.45) is 9.30. The van der Waals surface area contributed by atoms with Crippen LogP contribution in [0.5, 0.6) is 0 Å². The first kappa shape index (κ1) is 11.2. The topological polar surface area (TPSA) is 28.2 Å². The van der Waals surface area contributed by atoms with Gasteiger partial charge in [0.25, 0.3) is 0 Å². The molecule has 1 aromatic heterocycles. The van der Waals surface area contributed by atoms with Crippen LogP contribution in [0.3, 0.4) is 0 Å². The van der Waals surface area contributed by atoms with E-state index in [1.54, 1.807) is 0 Å². The molecule has 92 valence electrons. The normalized spacial score (nSPS) is 24.2. The number of piperazine rings is 1. The van der Waals surface area contributed by atoms with Gasteiger partial charge in [0.15, 0.2) is 0 Å². The van der Waals surface area contributed by atoms with Crippen LogP contribution in [0.15, 0.2) is 24.5 Å². The zero-order chi connectivity index (χ0) is 11.6. The quantitative estimate of drug-likeness (QED) is 0.841. The van der Waals surface area contributed by atoms with Crippen molar-refractivity contribution in [3.63, 3.8) is 0 Å². The number of aromatic nitrogens is 1. The van der Waals surface area contributed by atoms with Crippen molar-refractivity contribution in [1.29, 1.82) is 0 Å². The highest BCUT2D eigenvalue weighted by Crippen LogP contribution is 2.32. The Kier molecular flexibility index (Phi) is 3.12. The van der Waals surface area contributed by atoms with Gasteiger partial charge in [-0.05, 0) is 30.5 Å². The smallest absolute Gasteiger partial charge is 0.0309 e. The van der Waals surface area contributed by atoms with E-state index in [0.717, 1.165) is 13.1 Å². The molecule has 3 heteroatoms. The van der Waals surface area contributed by atoms with Crippen LogP contribution in [0.4, 0.5) is 0 Å². The second kappa shape index (κ2) is 4.75. The van der Waals surface area contributed by atoms with Gasteiger partial charge in [0.05, 0.1) is 0 Å². The summed E-state index contributed by atoms with van der Waals surface area (Å²) < 4.78 is 0. The predicted octanol–water partition coefficient (Wildman–Crippen LogP) is 1.80. The average molecular weight is 231 g/mol. The second-order valence-electron chi connectivity index (χ2n) is 5.48. The van der Waals surface area contributed by atoms with Crippen LogP contribution >= 0.6 is 0 Å². The lowest BCUT2D eigenvalue weighted by molar-refractivity contribution is 0.129. The van der Waals surface area contributed by atoms with Crippen LogP contribution in [0.2, 0.25) is 0 Å². The van der Waals surface area contributed by atoms with E-state index in [2.05, 4.69) is 27.3 Å². The maximum absolute atomic E-state index is 4.08. The fourth-order valence-corrected chi connectivity index (χ4v) is 3.31. The molecule has 1 saturated carbocycles. The molecule has 0 bridgehead atoms. The average Bonchev–Trinajstić information content (AvgIpc) is 2.79. The maximum Gasteiger partial charge on any atom is 0.0309 e. The molecule has 0 aromatic carbocycles. The summed E-state index contributed by atoms with van der Waals surface area (Å²) in [4.78, 5) is 6.67. The SMILES string of the molecule is c1cc(CN2CCNC3(CCCC3)C2)ccn1. The van der Waals surface area contributed by atoms with Gasteiger partial charge in [-0.1, -0.05) is 12.8 Å². The molecule has 0 atom stereocenters. The molecule has 2 fully saturated rings. The van der Waals surface area contributed by atoms with E-state index in [0.29, 0.717) is 5.54 Å². The predicted molar refractivity (Wildman–Crippen MR) is 68.7 cm³/mol. The third kappa shape index (κ3) is 2.50. The Labute approximate surface area is 103 Å². The Morgan fingerprint density at radius 2 is 2.00 bits per heavy atom. The van der Waals surface area contributed by atoms with Crippen LogP contribution in [-0.4, -0.2) is 35.1 Å². The second-order valence-corrected chi connectivity index (χ2v) is 5.48. The first-order chi connectivity index (χ1) is 8.36. The first-order valence-corrected chi connectivity index (χ1v) is 6.73. The minimum atomic E-state index is 0.436. The van der Waals surface area contributed by atoms with Crippen molar-refractivity contribution in [2.24, 2.45) is 0 Å². The Hall–Kier alpha value is -0.930. The van der Waals surface area contributed by atoms with E-state index in [4.69, 9.17) is 0 Å². The van der Waals surface area contributed by atoms with Crippen LogP contribution < -0.4 is 5.32 Å². The van der Waals surface area contributed by atoms with Gasteiger partial charge in [0.1, 0.15) is 0 Å². The standard InChI is InChI=1S/C14H21N3/c1-2-6-14(5-1)12-17(10-9-16-14)11-13-3-7-15-8-4-13/h3-4,7-8,16H,1-2,5-6,9-12H2. The zero-order valence-corrected chi connectivity index (χ0v) is 10.4. The van der Waals surface area contributed by atoms with Gasteiger partial charge in [-0.2, -0.15) is 0 Å². The lowest BCUT2D eigenvalue weighted by Gasteiger charge is -2.41. The zero-order valence-electron chi connectivity index (χ0n) is 10.4. The highest BCUT2D eigenvalue weighted by molar-refractivity contribution is 5.10. The van der Waals surface area contributed by atoms with Gasteiger partial charge in [0.2, 0.25) is 0 Å². The molecular weight excluding hydrogens is 210 g/mol. The van der Waals surface area contributed by atoms with E-state index in [-0.39, 0.29) is 0 Å². The third-order valence-corrected chi connectivity index (χ3v) is 4.17. The molecule has 3 nitrogen and oxygen atoms in total.